The number of rotatable bonds is 8. The minimum absolute atomic E-state index is 0.0320. The Balaban J connectivity index is 1.51. The van der Waals surface area contributed by atoms with Crippen LogP contribution in [0.1, 0.15) is 17.9 Å². The molecule has 15 heteroatoms. The Labute approximate surface area is 187 Å². The average Bonchev–Trinajstić information content (AvgIpc) is 3.31. The molecule has 0 radical (unpaired) electrons. The second kappa shape index (κ2) is 9.14. The summed E-state index contributed by atoms with van der Waals surface area (Å²) in [6.07, 6.45) is -3.29. The van der Waals surface area contributed by atoms with Crippen LogP contribution in [0.3, 0.4) is 0 Å². The molecule has 0 spiro atoms. The van der Waals surface area contributed by atoms with Gasteiger partial charge in [-0.25, -0.2) is 20.1 Å². The fourth-order valence-corrected chi connectivity index (χ4v) is 3.93. The van der Waals surface area contributed by atoms with Crippen molar-refractivity contribution in [2.24, 2.45) is 5.14 Å². The first-order valence-electron chi connectivity index (χ1n) is 9.81. The molecule has 0 saturated carbocycles. The van der Waals surface area contributed by atoms with Crippen LogP contribution in [0.4, 0.5) is 5.82 Å². The molecule has 3 heterocycles. The van der Waals surface area contributed by atoms with E-state index in [0.717, 1.165) is 0 Å². The summed E-state index contributed by atoms with van der Waals surface area (Å²) in [5.74, 6) is 0.336. The highest BCUT2D eigenvalue weighted by Gasteiger charge is 2.44. The third-order valence-electron chi connectivity index (χ3n) is 5.17. The maximum absolute atomic E-state index is 11.1. The van der Waals surface area contributed by atoms with E-state index in [1.165, 1.54) is 29.4 Å². The van der Waals surface area contributed by atoms with Crippen LogP contribution < -0.4 is 15.2 Å². The summed E-state index contributed by atoms with van der Waals surface area (Å²) in [6.45, 7) is -0.278. The topological polar surface area (TPSA) is 218 Å². The van der Waals surface area contributed by atoms with Gasteiger partial charge in [0.1, 0.15) is 30.4 Å². The molecule has 8 N–H and O–H groups in total. The molecule has 1 aliphatic rings. The van der Waals surface area contributed by atoms with E-state index in [0.29, 0.717) is 16.9 Å². The van der Waals surface area contributed by atoms with Gasteiger partial charge < -0.3 is 30.5 Å². The number of aliphatic hydroxyl groups is 3. The zero-order chi connectivity index (χ0) is 23.8. The molecule has 0 aliphatic carbocycles. The van der Waals surface area contributed by atoms with Crippen molar-refractivity contribution in [3.63, 3.8) is 0 Å². The van der Waals surface area contributed by atoms with Crippen molar-refractivity contribution in [3.05, 3.63) is 42.5 Å². The van der Waals surface area contributed by atoms with Gasteiger partial charge in [-0.15, -0.1) is 0 Å². The molecule has 178 valence electrons. The Morgan fingerprint density at radius 2 is 2.00 bits per heavy atom. The highest BCUT2D eigenvalue weighted by Crippen LogP contribution is 2.32. The van der Waals surface area contributed by atoms with Crippen LogP contribution in [0.5, 0.6) is 5.75 Å². The molecule has 5 atom stereocenters. The Kier molecular flexibility index (Phi) is 6.44. The predicted octanol–water partition coefficient (Wildman–Crippen LogP) is -1.91. The van der Waals surface area contributed by atoms with Crippen LogP contribution in [-0.4, -0.2) is 79.8 Å². The second-order valence-corrected chi connectivity index (χ2v) is 8.86. The largest absolute Gasteiger partial charge is 0.508 e. The van der Waals surface area contributed by atoms with Gasteiger partial charge in [-0.1, -0.05) is 12.1 Å². The summed E-state index contributed by atoms with van der Waals surface area (Å²) in [6, 6.07) is 6.23. The Hall–Kier alpha value is -2.92. The van der Waals surface area contributed by atoms with Crippen LogP contribution in [0.15, 0.2) is 36.9 Å². The van der Waals surface area contributed by atoms with Crippen molar-refractivity contribution in [2.45, 2.75) is 30.6 Å². The summed E-state index contributed by atoms with van der Waals surface area (Å²) in [5.41, 5.74) is 1.10. The fourth-order valence-electron chi connectivity index (χ4n) is 3.54. The van der Waals surface area contributed by atoms with Crippen LogP contribution >= 0.6 is 0 Å². The van der Waals surface area contributed by atoms with Gasteiger partial charge in [0.25, 0.3) is 10.2 Å². The number of hydrogen-bond donors (Lipinski definition) is 7. The maximum Gasteiger partial charge on any atom is 0.274 e. The van der Waals surface area contributed by atoms with Crippen LogP contribution in [0, 0.1) is 0 Å². The molecule has 1 aromatic carbocycles. The zero-order valence-corrected chi connectivity index (χ0v) is 17.9. The van der Waals surface area contributed by atoms with Gasteiger partial charge in [-0.2, -0.15) is 13.1 Å². The Morgan fingerprint density at radius 3 is 2.73 bits per heavy atom. The zero-order valence-electron chi connectivity index (χ0n) is 17.1. The van der Waals surface area contributed by atoms with Crippen molar-refractivity contribution in [2.75, 3.05) is 18.4 Å². The molecule has 1 saturated heterocycles. The van der Waals surface area contributed by atoms with Crippen molar-refractivity contribution in [1.82, 2.24) is 24.2 Å². The van der Waals surface area contributed by atoms with Crippen molar-refractivity contribution < 1.29 is 33.6 Å². The monoisotopic (exact) mass is 481 g/mol. The number of nitrogens with zero attached hydrogens (tertiary/aromatic N) is 4. The SMILES string of the molecule is NS(=O)(=O)NC[C@H]1O[C@@H](n2cnc3c(NCC(O)c4cccc(O)c4)ncnc32)[C@H](O)[C@@H]1O. The molecule has 3 aromatic rings. The first-order chi connectivity index (χ1) is 15.6. The minimum Gasteiger partial charge on any atom is -0.508 e. The number of phenolic OH excluding ortho intramolecular Hbond substituents is 1. The highest BCUT2D eigenvalue weighted by molar-refractivity contribution is 7.87. The van der Waals surface area contributed by atoms with Gasteiger partial charge in [0, 0.05) is 13.1 Å². The first-order valence-corrected chi connectivity index (χ1v) is 11.4. The van der Waals surface area contributed by atoms with E-state index in [9.17, 15) is 28.8 Å². The summed E-state index contributed by atoms with van der Waals surface area (Å²) in [5, 5.41) is 48.5. The smallest absolute Gasteiger partial charge is 0.274 e. The van der Waals surface area contributed by atoms with E-state index < -0.39 is 40.9 Å². The van der Waals surface area contributed by atoms with Gasteiger partial charge in [0.2, 0.25) is 0 Å². The van der Waals surface area contributed by atoms with E-state index in [2.05, 4.69) is 20.3 Å². The molecule has 1 unspecified atom stereocenters. The van der Waals surface area contributed by atoms with Gasteiger partial charge in [0.05, 0.1) is 12.4 Å². The van der Waals surface area contributed by atoms with Gasteiger partial charge in [0.15, 0.2) is 23.2 Å². The number of benzene rings is 1. The fraction of sp³-hybridized carbons (Fsp3) is 0.389. The number of hydrogen-bond acceptors (Lipinski definition) is 11. The number of anilines is 1. The molecule has 1 fully saturated rings. The molecule has 14 nitrogen and oxygen atoms in total. The standard InChI is InChI=1S/C18H23N7O7S/c19-33(30,31)24-6-12-14(28)15(29)18(32-12)25-8-23-13-16(21-7-22-17(13)25)20-5-11(27)9-2-1-3-10(26)4-9/h1-4,7-8,11-12,14-15,18,24,26-29H,5-6H2,(H2,19,30,31)(H,20,21,22)/t11?,12-,14-,15-,18-/m1/s1. The normalized spacial score (nSPS) is 24.2. The lowest BCUT2D eigenvalue weighted by Gasteiger charge is -2.17. The number of imidazole rings is 1. The summed E-state index contributed by atoms with van der Waals surface area (Å²) in [4.78, 5) is 12.5. The number of phenols is 1. The molecule has 0 amide bonds. The van der Waals surface area contributed by atoms with E-state index in [1.54, 1.807) is 12.1 Å². The molecule has 4 rings (SSSR count). The number of nitrogens with two attached hydrogens (primary N) is 1. The third kappa shape index (κ3) is 5.03. The summed E-state index contributed by atoms with van der Waals surface area (Å²) >= 11 is 0. The van der Waals surface area contributed by atoms with E-state index >= 15 is 0 Å². The van der Waals surface area contributed by atoms with Crippen LogP contribution in [-0.2, 0) is 14.9 Å². The lowest BCUT2D eigenvalue weighted by molar-refractivity contribution is -0.0330. The van der Waals surface area contributed by atoms with Crippen LogP contribution in [0.2, 0.25) is 0 Å². The molecular formula is C18H23N7O7S. The first kappa shape index (κ1) is 23.2. The molecule has 0 bridgehead atoms. The lowest BCUT2D eigenvalue weighted by Crippen LogP contribution is -2.42. The predicted molar refractivity (Wildman–Crippen MR) is 114 cm³/mol. The summed E-state index contributed by atoms with van der Waals surface area (Å²) in [7, 11) is -4.01. The van der Waals surface area contributed by atoms with Crippen LogP contribution in [0.25, 0.3) is 11.2 Å². The van der Waals surface area contributed by atoms with Crippen molar-refractivity contribution in [3.8, 4) is 5.75 Å². The van der Waals surface area contributed by atoms with Gasteiger partial charge in [-0.05, 0) is 17.7 Å². The molecular weight excluding hydrogens is 458 g/mol. The number of aromatic nitrogens is 4. The second-order valence-electron chi connectivity index (χ2n) is 7.48. The highest BCUT2D eigenvalue weighted by atomic mass is 32.2. The van der Waals surface area contributed by atoms with Crippen molar-refractivity contribution >= 4 is 27.2 Å². The van der Waals surface area contributed by atoms with Gasteiger partial charge in [-0.3, -0.25) is 4.57 Å². The van der Waals surface area contributed by atoms with Crippen molar-refractivity contribution in [1.29, 1.82) is 0 Å². The third-order valence-corrected chi connectivity index (χ3v) is 5.74. The molecule has 33 heavy (non-hydrogen) atoms. The maximum atomic E-state index is 11.1. The number of ether oxygens (including phenoxy) is 1. The number of nitrogens with one attached hydrogen (secondary N) is 2. The van der Waals surface area contributed by atoms with E-state index in [4.69, 9.17) is 9.88 Å². The summed E-state index contributed by atoms with van der Waals surface area (Å²) < 4.78 is 31.3. The number of aliphatic hydroxyl groups excluding tert-OH is 3. The quantitative estimate of drug-likeness (QED) is 0.188. The van der Waals surface area contributed by atoms with E-state index in [-0.39, 0.29) is 24.5 Å². The average molecular weight is 481 g/mol. The van der Waals surface area contributed by atoms with Gasteiger partial charge >= 0.3 is 0 Å². The number of fused-ring (bicyclic) bond motifs is 1. The molecule has 2 aromatic heterocycles. The Morgan fingerprint density at radius 1 is 1.21 bits per heavy atom. The minimum atomic E-state index is -4.01. The Bertz CT molecular complexity index is 1240. The molecule has 1 aliphatic heterocycles. The lowest BCUT2D eigenvalue weighted by atomic mass is 10.1. The number of aromatic hydroxyl groups is 1. The van der Waals surface area contributed by atoms with E-state index in [1.807, 2.05) is 4.72 Å².